The van der Waals surface area contributed by atoms with Crippen LogP contribution in [0.4, 0.5) is 0 Å². The molecule has 26 heavy (non-hydrogen) atoms. The first kappa shape index (κ1) is 17.8. The Kier molecular flexibility index (Phi) is 5.38. The minimum Gasteiger partial charge on any atom is -0.484 e. The third-order valence-electron chi connectivity index (χ3n) is 3.45. The SMILES string of the molecule is Cc1cc(Cl)ccc1OCc1nc(-c2ccc(OCC(N)=O)cc2)no1. The second-order valence-corrected chi connectivity index (χ2v) is 5.93. The number of nitrogens with zero attached hydrogens (tertiary/aromatic N) is 2. The Hall–Kier alpha value is -3.06. The van der Waals surface area contributed by atoms with Gasteiger partial charge in [-0.1, -0.05) is 16.8 Å². The summed E-state index contributed by atoms with van der Waals surface area (Å²) >= 11 is 5.92. The number of nitrogens with two attached hydrogens (primary N) is 1. The van der Waals surface area contributed by atoms with Crippen molar-refractivity contribution in [2.24, 2.45) is 5.73 Å². The van der Waals surface area contributed by atoms with Crippen LogP contribution in [0, 0.1) is 6.92 Å². The fraction of sp³-hybridized carbons (Fsp3) is 0.167. The number of benzene rings is 2. The van der Waals surface area contributed by atoms with E-state index in [0.29, 0.717) is 28.2 Å². The number of aryl methyl sites for hydroxylation is 1. The van der Waals surface area contributed by atoms with E-state index in [2.05, 4.69) is 10.1 Å². The van der Waals surface area contributed by atoms with Crippen LogP contribution < -0.4 is 15.2 Å². The molecule has 3 rings (SSSR count). The van der Waals surface area contributed by atoms with Crippen molar-refractivity contribution in [3.8, 4) is 22.9 Å². The lowest BCUT2D eigenvalue weighted by Crippen LogP contribution is -2.19. The van der Waals surface area contributed by atoms with Crippen molar-refractivity contribution in [3.05, 3.63) is 58.9 Å². The van der Waals surface area contributed by atoms with Crippen LogP contribution in [0.5, 0.6) is 11.5 Å². The van der Waals surface area contributed by atoms with Gasteiger partial charge in [-0.05, 0) is 55.0 Å². The molecule has 0 aliphatic carbocycles. The molecular formula is C18H16ClN3O4. The highest BCUT2D eigenvalue weighted by Gasteiger charge is 2.10. The predicted molar refractivity (Wildman–Crippen MR) is 94.9 cm³/mol. The van der Waals surface area contributed by atoms with Gasteiger partial charge < -0.3 is 19.7 Å². The lowest BCUT2D eigenvalue weighted by atomic mass is 10.2. The number of carbonyl (C=O) groups is 1. The molecule has 1 amide bonds. The molecule has 0 saturated heterocycles. The number of ether oxygens (including phenoxy) is 2. The van der Waals surface area contributed by atoms with Crippen molar-refractivity contribution >= 4 is 17.5 Å². The maximum Gasteiger partial charge on any atom is 0.264 e. The molecule has 2 aromatic carbocycles. The standard InChI is InChI=1S/C18H16ClN3O4/c1-11-8-13(19)4-7-15(11)25-10-17-21-18(22-26-17)12-2-5-14(6-3-12)24-9-16(20)23/h2-8H,9-10H2,1H3,(H2,20,23). The minimum atomic E-state index is -0.534. The third kappa shape index (κ3) is 4.52. The van der Waals surface area contributed by atoms with E-state index < -0.39 is 5.91 Å². The van der Waals surface area contributed by atoms with Crippen molar-refractivity contribution in [3.63, 3.8) is 0 Å². The zero-order chi connectivity index (χ0) is 18.5. The molecule has 3 aromatic rings. The Morgan fingerprint density at radius 1 is 1.19 bits per heavy atom. The Labute approximate surface area is 154 Å². The van der Waals surface area contributed by atoms with Gasteiger partial charge in [-0.25, -0.2) is 0 Å². The van der Waals surface area contributed by atoms with Gasteiger partial charge in [0.25, 0.3) is 11.8 Å². The number of rotatable bonds is 7. The summed E-state index contributed by atoms with van der Waals surface area (Å²) in [5, 5.41) is 4.59. The molecule has 1 heterocycles. The molecule has 1 aromatic heterocycles. The quantitative estimate of drug-likeness (QED) is 0.682. The lowest BCUT2D eigenvalue weighted by molar-refractivity contribution is -0.119. The number of hydrogen-bond donors (Lipinski definition) is 1. The number of halogens is 1. The second-order valence-electron chi connectivity index (χ2n) is 5.49. The largest absolute Gasteiger partial charge is 0.484 e. The van der Waals surface area contributed by atoms with Crippen molar-refractivity contribution < 1.29 is 18.8 Å². The van der Waals surface area contributed by atoms with Crippen LogP contribution in [-0.4, -0.2) is 22.7 Å². The van der Waals surface area contributed by atoms with Gasteiger partial charge in [0.05, 0.1) is 0 Å². The molecule has 0 aliphatic rings. The van der Waals surface area contributed by atoms with Gasteiger partial charge in [0.15, 0.2) is 13.2 Å². The van der Waals surface area contributed by atoms with E-state index in [0.717, 1.165) is 11.1 Å². The number of amides is 1. The summed E-state index contributed by atoms with van der Waals surface area (Å²) in [6, 6.07) is 12.3. The van der Waals surface area contributed by atoms with Crippen LogP contribution in [0.1, 0.15) is 11.5 Å². The normalized spacial score (nSPS) is 10.5. The zero-order valence-corrected chi connectivity index (χ0v) is 14.7. The number of aromatic nitrogens is 2. The summed E-state index contributed by atoms with van der Waals surface area (Å²) in [7, 11) is 0. The van der Waals surface area contributed by atoms with Gasteiger partial charge in [-0.2, -0.15) is 4.98 Å². The number of carbonyl (C=O) groups excluding carboxylic acids is 1. The molecule has 0 bridgehead atoms. The van der Waals surface area contributed by atoms with E-state index >= 15 is 0 Å². The highest BCUT2D eigenvalue weighted by atomic mass is 35.5. The monoisotopic (exact) mass is 373 g/mol. The first-order chi connectivity index (χ1) is 12.5. The number of primary amides is 1. The highest BCUT2D eigenvalue weighted by Crippen LogP contribution is 2.23. The summed E-state index contributed by atoms with van der Waals surface area (Å²) < 4.78 is 16.1. The summed E-state index contributed by atoms with van der Waals surface area (Å²) in [5.74, 6) is 1.47. The van der Waals surface area contributed by atoms with E-state index in [1.54, 1.807) is 36.4 Å². The van der Waals surface area contributed by atoms with Gasteiger partial charge in [0.1, 0.15) is 11.5 Å². The molecule has 2 N–H and O–H groups in total. The smallest absolute Gasteiger partial charge is 0.264 e. The molecule has 0 fully saturated rings. The summed E-state index contributed by atoms with van der Waals surface area (Å²) in [4.78, 5) is 15.0. The van der Waals surface area contributed by atoms with Gasteiger partial charge in [0.2, 0.25) is 5.82 Å². The van der Waals surface area contributed by atoms with E-state index in [1.165, 1.54) is 0 Å². The van der Waals surface area contributed by atoms with Crippen LogP contribution in [-0.2, 0) is 11.4 Å². The Morgan fingerprint density at radius 3 is 2.65 bits per heavy atom. The maximum absolute atomic E-state index is 10.7. The zero-order valence-electron chi connectivity index (χ0n) is 13.9. The van der Waals surface area contributed by atoms with Gasteiger partial charge in [-0.15, -0.1) is 0 Å². The summed E-state index contributed by atoms with van der Waals surface area (Å²) in [6.07, 6.45) is 0. The van der Waals surface area contributed by atoms with Gasteiger partial charge in [0, 0.05) is 10.6 Å². The third-order valence-corrected chi connectivity index (χ3v) is 3.68. The molecule has 0 aliphatic heterocycles. The maximum atomic E-state index is 10.7. The summed E-state index contributed by atoms with van der Waals surface area (Å²) in [5.41, 5.74) is 6.70. The Morgan fingerprint density at radius 2 is 1.96 bits per heavy atom. The van der Waals surface area contributed by atoms with Crippen molar-refractivity contribution in [1.29, 1.82) is 0 Å². The molecule has 7 nitrogen and oxygen atoms in total. The molecule has 0 radical (unpaired) electrons. The number of hydrogen-bond acceptors (Lipinski definition) is 6. The average molecular weight is 374 g/mol. The van der Waals surface area contributed by atoms with Crippen molar-refractivity contribution in [2.45, 2.75) is 13.5 Å². The molecule has 0 atom stereocenters. The van der Waals surface area contributed by atoms with Crippen molar-refractivity contribution in [1.82, 2.24) is 10.1 Å². The lowest BCUT2D eigenvalue weighted by Gasteiger charge is -2.06. The first-order valence-corrected chi connectivity index (χ1v) is 8.12. The molecule has 0 unspecified atom stereocenters. The molecule has 0 saturated carbocycles. The van der Waals surface area contributed by atoms with E-state index in [1.807, 2.05) is 13.0 Å². The molecule has 134 valence electrons. The second kappa shape index (κ2) is 7.88. The van der Waals surface area contributed by atoms with Crippen LogP contribution in [0.15, 0.2) is 47.0 Å². The van der Waals surface area contributed by atoms with Crippen LogP contribution in [0.2, 0.25) is 5.02 Å². The highest BCUT2D eigenvalue weighted by molar-refractivity contribution is 6.30. The molecule has 8 heteroatoms. The Bertz CT molecular complexity index is 909. The first-order valence-electron chi connectivity index (χ1n) is 7.74. The summed E-state index contributed by atoms with van der Waals surface area (Å²) in [6.45, 7) is 1.88. The molecule has 0 spiro atoms. The fourth-order valence-electron chi connectivity index (χ4n) is 2.20. The van der Waals surface area contributed by atoms with E-state index in [4.69, 9.17) is 31.3 Å². The van der Waals surface area contributed by atoms with Gasteiger partial charge in [-0.3, -0.25) is 4.79 Å². The van der Waals surface area contributed by atoms with E-state index in [9.17, 15) is 4.79 Å². The molecular weight excluding hydrogens is 358 g/mol. The Balaban J connectivity index is 1.63. The van der Waals surface area contributed by atoms with Crippen LogP contribution in [0.3, 0.4) is 0 Å². The van der Waals surface area contributed by atoms with Gasteiger partial charge >= 0.3 is 0 Å². The topological polar surface area (TPSA) is 100 Å². The van der Waals surface area contributed by atoms with E-state index in [-0.39, 0.29) is 13.2 Å². The van der Waals surface area contributed by atoms with Crippen LogP contribution >= 0.6 is 11.6 Å². The predicted octanol–water partition coefficient (Wildman–Crippen LogP) is 3.14. The fourth-order valence-corrected chi connectivity index (χ4v) is 2.43. The van der Waals surface area contributed by atoms with Crippen LogP contribution in [0.25, 0.3) is 11.4 Å². The average Bonchev–Trinajstić information content (AvgIpc) is 3.08. The van der Waals surface area contributed by atoms with Crippen molar-refractivity contribution in [2.75, 3.05) is 6.61 Å². The minimum absolute atomic E-state index is 0.148.